The molecule has 0 bridgehead atoms. The van der Waals surface area contributed by atoms with Crippen molar-refractivity contribution in [2.75, 3.05) is 5.73 Å². The number of pyridine rings is 1. The van der Waals surface area contributed by atoms with Crippen LogP contribution in [0.4, 0.5) is 5.69 Å². The molecule has 106 valence electrons. The van der Waals surface area contributed by atoms with Gasteiger partial charge in [0.15, 0.2) is 0 Å². The second-order valence-electron chi connectivity index (χ2n) is 5.49. The summed E-state index contributed by atoms with van der Waals surface area (Å²) >= 11 is 0. The third kappa shape index (κ3) is 2.43. The summed E-state index contributed by atoms with van der Waals surface area (Å²) in [4.78, 5) is 4.54. The Morgan fingerprint density at radius 2 is 2.00 bits per heavy atom. The first kappa shape index (κ1) is 13.4. The number of rotatable bonds is 2. The molecule has 0 amide bonds. The average molecular weight is 279 g/mol. The van der Waals surface area contributed by atoms with Gasteiger partial charge >= 0.3 is 0 Å². The van der Waals surface area contributed by atoms with Crippen molar-refractivity contribution in [1.29, 1.82) is 5.26 Å². The van der Waals surface area contributed by atoms with Crippen LogP contribution in [0.5, 0.6) is 11.6 Å². The Hall–Kier alpha value is -2.54. The fraction of sp³-hybridized carbons (Fsp3) is 0.294. The van der Waals surface area contributed by atoms with E-state index < -0.39 is 0 Å². The van der Waals surface area contributed by atoms with E-state index in [0.29, 0.717) is 17.2 Å². The molecule has 1 aliphatic rings. The maximum Gasteiger partial charge on any atom is 0.237 e. The number of fused-ring (bicyclic) bond motifs is 1. The van der Waals surface area contributed by atoms with E-state index in [-0.39, 0.29) is 0 Å². The number of ether oxygens (including phenoxy) is 1. The number of anilines is 1. The minimum absolute atomic E-state index is 0.394. The van der Waals surface area contributed by atoms with E-state index >= 15 is 0 Å². The summed E-state index contributed by atoms with van der Waals surface area (Å²) in [6, 6.07) is 7.85. The second kappa shape index (κ2) is 5.10. The van der Waals surface area contributed by atoms with Crippen LogP contribution in [0, 0.1) is 25.2 Å². The molecule has 3 rings (SSSR count). The zero-order valence-electron chi connectivity index (χ0n) is 12.2. The molecule has 1 aromatic heterocycles. The van der Waals surface area contributed by atoms with Gasteiger partial charge in [-0.1, -0.05) is 0 Å². The second-order valence-corrected chi connectivity index (χ2v) is 5.49. The molecule has 1 aromatic carbocycles. The normalized spacial score (nSPS) is 12.8. The summed E-state index contributed by atoms with van der Waals surface area (Å²) in [5.74, 6) is 1.09. The van der Waals surface area contributed by atoms with Gasteiger partial charge in [-0.25, -0.2) is 4.98 Å². The van der Waals surface area contributed by atoms with E-state index in [1.165, 1.54) is 5.56 Å². The lowest BCUT2D eigenvalue weighted by Crippen LogP contribution is -1.99. The summed E-state index contributed by atoms with van der Waals surface area (Å²) in [5, 5.41) is 9.31. The Morgan fingerprint density at radius 1 is 1.19 bits per heavy atom. The maximum absolute atomic E-state index is 9.31. The SMILES string of the molecule is Cc1cc(Oc2nc3c(cc2C#N)CCC3)c(C)cc1N. The van der Waals surface area contributed by atoms with Gasteiger partial charge in [-0.2, -0.15) is 5.26 Å². The molecule has 0 saturated heterocycles. The monoisotopic (exact) mass is 279 g/mol. The van der Waals surface area contributed by atoms with Crippen molar-refractivity contribution in [3.8, 4) is 17.7 Å². The minimum Gasteiger partial charge on any atom is -0.437 e. The minimum atomic E-state index is 0.394. The fourth-order valence-corrected chi connectivity index (χ4v) is 2.64. The number of nitriles is 1. The van der Waals surface area contributed by atoms with Gasteiger partial charge in [-0.3, -0.25) is 0 Å². The fourth-order valence-electron chi connectivity index (χ4n) is 2.64. The van der Waals surface area contributed by atoms with Crippen LogP contribution in [-0.4, -0.2) is 4.98 Å². The highest BCUT2D eigenvalue weighted by atomic mass is 16.5. The molecule has 2 aromatic rings. The van der Waals surface area contributed by atoms with Gasteiger partial charge in [0.25, 0.3) is 0 Å². The third-order valence-electron chi connectivity index (χ3n) is 3.91. The summed E-state index contributed by atoms with van der Waals surface area (Å²) in [6.07, 6.45) is 3.05. The Balaban J connectivity index is 2.02. The predicted molar refractivity (Wildman–Crippen MR) is 81.4 cm³/mol. The van der Waals surface area contributed by atoms with Gasteiger partial charge in [0.05, 0.1) is 0 Å². The summed E-state index contributed by atoms with van der Waals surface area (Å²) in [6.45, 7) is 3.87. The van der Waals surface area contributed by atoms with Gasteiger partial charge in [0.1, 0.15) is 17.4 Å². The van der Waals surface area contributed by atoms with Crippen LogP contribution in [0.1, 0.15) is 34.4 Å². The van der Waals surface area contributed by atoms with Crippen molar-refractivity contribution in [1.82, 2.24) is 4.98 Å². The number of benzene rings is 1. The molecule has 1 heterocycles. The van der Waals surface area contributed by atoms with Crippen molar-refractivity contribution in [2.45, 2.75) is 33.1 Å². The number of aromatic nitrogens is 1. The van der Waals surface area contributed by atoms with E-state index in [1.807, 2.05) is 32.0 Å². The van der Waals surface area contributed by atoms with Crippen LogP contribution < -0.4 is 10.5 Å². The van der Waals surface area contributed by atoms with Crippen LogP contribution in [0.2, 0.25) is 0 Å². The molecule has 4 heteroatoms. The molecule has 0 unspecified atom stereocenters. The molecule has 0 aliphatic heterocycles. The third-order valence-corrected chi connectivity index (χ3v) is 3.91. The summed E-state index contributed by atoms with van der Waals surface area (Å²) in [7, 11) is 0. The number of nitrogens with two attached hydrogens (primary N) is 1. The first-order valence-electron chi connectivity index (χ1n) is 7.06. The van der Waals surface area contributed by atoms with Crippen LogP contribution in [0.3, 0.4) is 0 Å². The molecule has 21 heavy (non-hydrogen) atoms. The topological polar surface area (TPSA) is 71.9 Å². The molecule has 0 radical (unpaired) electrons. The zero-order chi connectivity index (χ0) is 15.0. The van der Waals surface area contributed by atoms with E-state index in [9.17, 15) is 5.26 Å². The van der Waals surface area contributed by atoms with Gasteiger partial charge in [0.2, 0.25) is 5.88 Å². The molecule has 2 N–H and O–H groups in total. The van der Waals surface area contributed by atoms with Crippen molar-refractivity contribution in [3.05, 3.63) is 46.1 Å². The molecule has 0 spiro atoms. The van der Waals surface area contributed by atoms with E-state index in [2.05, 4.69) is 11.1 Å². The van der Waals surface area contributed by atoms with E-state index in [0.717, 1.165) is 41.8 Å². The molecule has 0 fully saturated rings. The largest absolute Gasteiger partial charge is 0.437 e. The molecular formula is C17H17N3O. The number of nitrogens with zero attached hydrogens (tertiary/aromatic N) is 2. The van der Waals surface area contributed by atoms with Gasteiger partial charge in [-0.05, 0) is 68.0 Å². The highest BCUT2D eigenvalue weighted by molar-refractivity contribution is 5.55. The quantitative estimate of drug-likeness (QED) is 0.855. The van der Waals surface area contributed by atoms with Gasteiger partial charge < -0.3 is 10.5 Å². The Kier molecular flexibility index (Phi) is 3.26. The Morgan fingerprint density at radius 3 is 2.76 bits per heavy atom. The highest BCUT2D eigenvalue weighted by Crippen LogP contribution is 2.32. The number of aryl methyl sites for hydroxylation is 4. The lowest BCUT2D eigenvalue weighted by atomic mass is 10.1. The van der Waals surface area contributed by atoms with Crippen molar-refractivity contribution in [3.63, 3.8) is 0 Å². The molecule has 0 saturated carbocycles. The van der Waals surface area contributed by atoms with Crippen LogP contribution in [0.25, 0.3) is 0 Å². The molecule has 4 nitrogen and oxygen atoms in total. The maximum atomic E-state index is 9.31. The van der Waals surface area contributed by atoms with Crippen molar-refractivity contribution in [2.24, 2.45) is 0 Å². The average Bonchev–Trinajstić information content (AvgIpc) is 2.91. The van der Waals surface area contributed by atoms with Crippen LogP contribution >= 0.6 is 0 Å². The van der Waals surface area contributed by atoms with Gasteiger partial charge in [0, 0.05) is 11.4 Å². The Bertz CT molecular complexity index is 760. The summed E-state index contributed by atoms with van der Waals surface area (Å²) in [5.41, 5.74) is 11.2. The van der Waals surface area contributed by atoms with Crippen LogP contribution in [0.15, 0.2) is 18.2 Å². The first-order valence-corrected chi connectivity index (χ1v) is 7.06. The number of hydrogen-bond acceptors (Lipinski definition) is 4. The highest BCUT2D eigenvalue weighted by Gasteiger charge is 2.18. The first-order chi connectivity index (χ1) is 10.1. The predicted octanol–water partition coefficient (Wildman–Crippen LogP) is 3.43. The molecular weight excluding hydrogens is 262 g/mol. The molecule has 1 aliphatic carbocycles. The van der Waals surface area contributed by atoms with Crippen molar-refractivity contribution < 1.29 is 4.74 Å². The van der Waals surface area contributed by atoms with E-state index in [4.69, 9.17) is 10.5 Å². The van der Waals surface area contributed by atoms with E-state index in [1.54, 1.807) is 0 Å². The Labute approximate surface area is 124 Å². The number of hydrogen-bond donors (Lipinski definition) is 1. The standard InChI is InChI=1S/C17H17N3O/c1-10-7-16(11(2)6-14(10)19)21-17-13(9-18)8-12-4-3-5-15(12)20-17/h6-8H,3-5,19H2,1-2H3. The van der Waals surface area contributed by atoms with Crippen LogP contribution in [-0.2, 0) is 12.8 Å². The lowest BCUT2D eigenvalue weighted by molar-refractivity contribution is 0.455. The zero-order valence-corrected chi connectivity index (χ0v) is 12.2. The lowest BCUT2D eigenvalue weighted by Gasteiger charge is -2.12. The number of nitrogen functional groups attached to an aromatic ring is 1. The smallest absolute Gasteiger partial charge is 0.237 e. The van der Waals surface area contributed by atoms with Gasteiger partial charge in [-0.15, -0.1) is 0 Å². The molecule has 0 atom stereocenters. The van der Waals surface area contributed by atoms with Crippen molar-refractivity contribution >= 4 is 5.69 Å². The summed E-state index contributed by atoms with van der Waals surface area (Å²) < 4.78 is 5.90.